The average molecular weight is 273 g/mol. The maximum Gasteiger partial charge on any atom is 0.145 e. The minimum absolute atomic E-state index is 0.0898. The number of para-hydroxylation sites is 1. The number of nitriles is 1. The molecule has 0 aliphatic carbocycles. The smallest absolute Gasteiger partial charge is 0.145 e. The van der Waals surface area contributed by atoms with Gasteiger partial charge in [0, 0.05) is 11.4 Å². The Morgan fingerprint density at radius 2 is 1.76 bits per heavy atom. The maximum atomic E-state index is 9.33. The average Bonchev–Trinajstić information content (AvgIpc) is 2.55. The molecule has 0 saturated heterocycles. The molecule has 0 spiro atoms. The molecule has 2 aromatic carbocycles. The number of hydrogen-bond acceptors (Lipinski definition) is 3. The maximum absolute atomic E-state index is 9.33. The van der Waals surface area contributed by atoms with Crippen LogP contribution in [-0.2, 0) is 0 Å². The van der Waals surface area contributed by atoms with Gasteiger partial charge >= 0.3 is 0 Å². The first-order valence-corrected chi connectivity index (χ1v) is 6.89. The van der Waals surface area contributed by atoms with Crippen molar-refractivity contribution in [2.45, 2.75) is 13.0 Å². The van der Waals surface area contributed by atoms with E-state index in [-0.39, 0.29) is 6.04 Å². The Morgan fingerprint density at radius 3 is 2.52 bits per heavy atom. The minimum Gasteiger partial charge on any atom is -0.362 e. The quantitative estimate of drug-likeness (QED) is 0.774. The number of anilines is 1. The lowest BCUT2D eigenvalue weighted by atomic mass is 10.1. The predicted octanol–water partition coefficient (Wildman–Crippen LogP) is 4.28. The van der Waals surface area contributed by atoms with Crippen LogP contribution in [0, 0.1) is 11.3 Å². The first-order chi connectivity index (χ1) is 10.3. The minimum atomic E-state index is 0.0898. The van der Waals surface area contributed by atoms with E-state index in [1.807, 2.05) is 48.5 Å². The van der Waals surface area contributed by atoms with Gasteiger partial charge in [0.1, 0.15) is 11.9 Å². The molecular weight excluding hydrogens is 258 g/mol. The van der Waals surface area contributed by atoms with Gasteiger partial charge < -0.3 is 5.32 Å². The van der Waals surface area contributed by atoms with E-state index in [4.69, 9.17) is 0 Å². The van der Waals surface area contributed by atoms with Crippen molar-refractivity contribution in [2.24, 2.45) is 0 Å². The molecular formula is C18H15N3. The summed E-state index contributed by atoms with van der Waals surface area (Å²) in [5, 5.41) is 13.6. The third kappa shape index (κ3) is 2.70. The summed E-state index contributed by atoms with van der Waals surface area (Å²) in [5.41, 5.74) is 2.62. The highest BCUT2D eigenvalue weighted by Gasteiger charge is 2.10. The monoisotopic (exact) mass is 273 g/mol. The van der Waals surface area contributed by atoms with Crippen LogP contribution >= 0.6 is 0 Å². The summed E-state index contributed by atoms with van der Waals surface area (Å²) in [6, 6.07) is 22.1. The lowest BCUT2D eigenvalue weighted by Gasteiger charge is -2.16. The second kappa shape index (κ2) is 5.64. The fraction of sp³-hybridized carbons (Fsp3) is 0.111. The first-order valence-electron chi connectivity index (χ1n) is 6.89. The van der Waals surface area contributed by atoms with Gasteiger partial charge in [-0.3, -0.25) is 0 Å². The Kier molecular flexibility index (Phi) is 3.53. The van der Waals surface area contributed by atoms with E-state index in [9.17, 15) is 5.26 Å². The molecule has 3 heteroatoms. The van der Waals surface area contributed by atoms with Crippen LogP contribution in [0.15, 0.2) is 60.7 Å². The van der Waals surface area contributed by atoms with Gasteiger partial charge in [-0.15, -0.1) is 0 Å². The van der Waals surface area contributed by atoms with Gasteiger partial charge in [-0.2, -0.15) is 5.26 Å². The van der Waals surface area contributed by atoms with Crippen molar-refractivity contribution in [1.82, 2.24) is 4.98 Å². The third-order valence-electron chi connectivity index (χ3n) is 3.50. The number of nitrogens with zero attached hydrogens (tertiary/aromatic N) is 2. The molecule has 0 bridgehead atoms. The molecule has 0 saturated carbocycles. The van der Waals surface area contributed by atoms with Gasteiger partial charge in [-0.05, 0) is 24.6 Å². The van der Waals surface area contributed by atoms with Crippen LogP contribution in [-0.4, -0.2) is 4.98 Å². The van der Waals surface area contributed by atoms with E-state index in [2.05, 4.69) is 35.4 Å². The highest BCUT2D eigenvalue weighted by Crippen LogP contribution is 2.24. The van der Waals surface area contributed by atoms with Crippen LogP contribution in [0.25, 0.3) is 10.9 Å². The zero-order valence-electron chi connectivity index (χ0n) is 11.7. The summed E-state index contributed by atoms with van der Waals surface area (Å²) < 4.78 is 0. The number of rotatable bonds is 3. The number of aromatic nitrogens is 1. The highest BCUT2D eigenvalue weighted by molar-refractivity contribution is 5.82. The van der Waals surface area contributed by atoms with E-state index in [0.717, 1.165) is 16.5 Å². The Bertz CT molecular complexity index is 804. The largest absolute Gasteiger partial charge is 0.362 e. The van der Waals surface area contributed by atoms with Crippen LogP contribution in [0.2, 0.25) is 0 Å². The van der Waals surface area contributed by atoms with Gasteiger partial charge in [0.15, 0.2) is 0 Å². The summed E-state index contributed by atoms with van der Waals surface area (Å²) in [5.74, 6) is 0.632. The number of pyridine rings is 1. The number of hydrogen-bond donors (Lipinski definition) is 1. The van der Waals surface area contributed by atoms with Crippen molar-refractivity contribution in [1.29, 1.82) is 5.26 Å². The van der Waals surface area contributed by atoms with Crippen molar-refractivity contribution in [3.8, 4) is 6.07 Å². The van der Waals surface area contributed by atoms with Crippen molar-refractivity contribution < 1.29 is 0 Å². The molecule has 0 fully saturated rings. The van der Waals surface area contributed by atoms with Crippen molar-refractivity contribution in [3.05, 3.63) is 71.8 Å². The first kappa shape index (κ1) is 13.1. The van der Waals surface area contributed by atoms with Gasteiger partial charge in [-0.1, -0.05) is 48.5 Å². The summed E-state index contributed by atoms with van der Waals surface area (Å²) in [4.78, 5) is 4.58. The van der Waals surface area contributed by atoms with E-state index < -0.39 is 0 Å². The van der Waals surface area contributed by atoms with Crippen molar-refractivity contribution in [2.75, 3.05) is 5.32 Å². The molecule has 3 aromatic rings. The highest BCUT2D eigenvalue weighted by atomic mass is 15.0. The van der Waals surface area contributed by atoms with E-state index >= 15 is 0 Å². The SMILES string of the molecule is C[C@@H](Nc1nc2ccccc2cc1C#N)c1ccccc1. The molecule has 0 unspecified atom stereocenters. The molecule has 1 N–H and O–H groups in total. The molecule has 0 radical (unpaired) electrons. The summed E-state index contributed by atoms with van der Waals surface area (Å²) in [6.07, 6.45) is 0. The van der Waals surface area contributed by atoms with Gasteiger partial charge in [0.05, 0.1) is 11.1 Å². The lowest BCUT2D eigenvalue weighted by molar-refractivity contribution is 0.875. The standard InChI is InChI=1S/C18H15N3/c1-13(14-7-3-2-4-8-14)20-18-16(12-19)11-15-9-5-6-10-17(15)21-18/h2-11,13H,1H3,(H,20,21)/t13-/m1/s1. The molecule has 102 valence electrons. The molecule has 0 aliphatic rings. The zero-order valence-corrected chi connectivity index (χ0v) is 11.7. The topological polar surface area (TPSA) is 48.7 Å². The predicted molar refractivity (Wildman–Crippen MR) is 84.9 cm³/mol. The van der Waals surface area contributed by atoms with Crippen LogP contribution in [0.5, 0.6) is 0 Å². The molecule has 1 atom stereocenters. The van der Waals surface area contributed by atoms with E-state index in [0.29, 0.717) is 11.4 Å². The van der Waals surface area contributed by atoms with Gasteiger partial charge in [0.25, 0.3) is 0 Å². The number of nitrogens with one attached hydrogen (secondary N) is 1. The second-order valence-electron chi connectivity index (χ2n) is 4.97. The normalized spacial score (nSPS) is 11.8. The summed E-state index contributed by atoms with van der Waals surface area (Å²) in [6.45, 7) is 2.06. The number of fused-ring (bicyclic) bond motifs is 1. The fourth-order valence-electron chi connectivity index (χ4n) is 2.34. The van der Waals surface area contributed by atoms with Crippen molar-refractivity contribution >= 4 is 16.7 Å². The Hall–Kier alpha value is -2.86. The Morgan fingerprint density at radius 1 is 1.05 bits per heavy atom. The molecule has 1 heterocycles. The number of benzene rings is 2. The molecule has 21 heavy (non-hydrogen) atoms. The molecule has 0 amide bonds. The van der Waals surface area contributed by atoms with Gasteiger partial charge in [0.2, 0.25) is 0 Å². The van der Waals surface area contributed by atoms with Crippen molar-refractivity contribution in [3.63, 3.8) is 0 Å². The molecule has 1 aromatic heterocycles. The molecule has 3 nitrogen and oxygen atoms in total. The van der Waals surface area contributed by atoms with E-state index in [1.54, 1.807) is 0 Å². The van der Waals surface area contributed by atoms with Crippen LogP contribution in [0.3, 0.4) is 0 Å². The lowest BCUT2D eigenvalue weighted by Crippen LogP contribution is -2.09. The van der Waals surface area contributed by atoms with Gasteiger partial charge in [-0.25, -0.2) is 4.98 Å². The van der Waals surface area contributed by atoms with E-state index in [1.165, 1.54) is 0 Å². The Balaban J connectivity index is 1.98. The van der Waals surface area contributed by atoms with Crippen LogP contribution in [0.4, 0.5) is 5.82 Å². The Labute approximate surface area is 123 Å². The molecule has 3 rings (SSSR count). The third-order valence-corrected chi connectivity index (χ3v) is 3.50. The molecule has 0 aliphatic heterocycles. The van der Waals surface area contributed by atoms with Crippen LogP contribution < -0.4 is 5.32 Å². The summed E-state index contributed by atoms with van der Waals surface area (Å²) >= 11 is 0. The summed E-state index contributed by atoms with van der Waals surface area (Å²) in [7, 11) is 0. The van der Waals surface area contributed by atoms with Crippen LogP contribution in [0.1, 0.15) is 24.1 Å². The zero-order chi connectivity index (χ0) is 14.7. The second-order valence-corrected chi connectivity index (χ2v) is 4.97. The fourth-order valence-corrected chi connectivity index (χ4v) is 2.34.